The molecular formula is C16H18N2O3. The minimum Gasteiger partial charge on any atom is -0.497 e. The van der Waals surface area contributed by atoms with Gasteiger partial charge in [0.15, 0.2) is 0 Å². The summed E-state index contributed by atoms with van der Waals surface area (Å²) in [6.07, 6.45) is 0. The van der Waals surface area contributed by atoms with Crippen LogP contribution in [0.15, 0.2) is 41.6 Å². The van der Waals surface area contributed by atoms with E-state index in [0.29, 0.717) is 18.1 Å². The number of hydrogen-bond donors (Lipinski definition) is 1. The van der Waals surface area contributed by atoms with E-state index in [9.17, 15) is 0 Å². The molecule has 0 unspecified atom stereocenters. The van der Waals surface area contributed by atoms with Crippen molar-refractivity contribution in [2.75, 3.05) is 7.11 Å². The molecule has 1 N–H and O–H groups in total. The summed E-state index contributed by atoms with van der Waals surface area (Å²) in [6.45, 7) is 3.98. The van der Waals surface area contributed by atoms with E-state index in [0.717, 1.165) is 22.7 Å². The van der Waals surface area contributed by atoms with Crippen LogP contribution in [0.25, 0.3) is 0 Å². The Kier molecular flexibility index (Phi) is 4.77. The Balaban J connectivity index is 2.11. The van der Waals surface area contributed by atoms with Crippen molar-refractivity contribution in [2.45, 2.75) is 20.5 Å². The summed E-state index contributed by atoms with van der Waals surface area (Å²) < 4.78 is 10.9. The summed E-state index contributed by atoms with van der Waals surface area (Å²) in [6, 6.07) is 11.1. The first-order valence-corrected chi connectivity index (χ1v) is 6.56. The molecule has 21 heavy (non-hydrogen) atoms. The molecule has 0 saturated heterocycles. The molecule has 0 spiro atoms. The minimum atomic E-state index is 0.344. The monoisotopic (exact) mass is 286 g/mol. The lowest BCUT2D eigenvalue weighted by Crippen LogP contribution is -2.01. The molecule has 0 aliphatic carbocycles. The van der Waals surface area contributed by atoms with Crippen LogP contribution in [0.2, 0.25) is 0 Å². The summed E-state index contributed by atoms with van der Waals surface area (Å²) in [7, 11) is 1.62. The van der Waals surface area contributed by atoms with E-state index in [2.05, 4.69) is 10.1 Å². The number of pyridine rings is 1. The first-order chi connectivity index (χ1) is 10.1. The highest BCUT2D eigenvalue weighted by molar-refractivity contribution is 5.98. The maximum atomic E-state index is 8.80. The van der Waals surface area contributed by atoms with Gasteiger partial charge in [0.25, 0.3) is 0 Å². The van der Waals surface area contributed by atoms with E-state index in [1.807, 2.05) is 43.3 Å². The van der Waals surface area contributed by atoms with Gasteiger partial charge in [0, 0.05) is 23.4 Å². The molecule has 1 heterocycles. The number of hydrogen-bond acceptors (Lipinski definition) is 5. The van der Waals surface area contributed by atoms with E-state index in [-0.39, 0.29) is 0 Å². The van der Waals surface area contributed by atoms with Crippen molar-refractivity contribution in [1.29, 1.82) is 0 Å². The van der Waals surface area contributed by atoms with Crippen LogP contribution in [0.4, 0.5) is 0 Å². The molecular weight excluding hydrogens is 268 g/mol. The topological polar surface area (TPSA) is 63.9 Å². The fourth-order valence-corrected chi connectivity index (χ4v) is 1.92. The van der Waals surface area contributed by atoms with Crippen molar-refractivity contribution in [2.24, 2.45) is 5.16 Å². The van der Waals surface area contributed by atoms with Crippen LogP contribution in [0.3, 0.4) is 0 Å². The molecule has 0 amide bonds. The third kappa shape index (κ3) is 3.95. The number of ether oxygens (including phenoxy) is 2. The van der Waals surface area contributed by atoms with Crippen LogP contribution < -0.4 is 9.47 Å². The minimum absolute atomic E-state index is 0.344. The summed E-state index contributed by atoms with van der Waals surface area (Å²) in [5.41, 5.74) is 3.02. The predicted octanol–water partition coefficient (Wildman–Crippen LogP) is 3.18. The van der Waals surface area contributed by atoms with Gasteiger partial charge in [-0.3, -0.25) is 4.98 Å². The van der Waals surface area contributed by atoms with E-state index in [1.165, 1.54) is 0 Å². The van der Waals surface area contributed by atoms with Gasteiger partial charge in [-0.15, -0.1) is 0 Å². The maximum absolute atomic E-state index is 8.80. The number of aryl methyl sites for hydroxylation is 1. The van der Waals surface area contributed by atoms with Crippen LogP contribution in [-0.4, -0.2) is 23.0 Å². The quantitative estimate of drug-likeness (QED) is 0.521. The average Bonchev–Trinajstić information content (AvgIpc) is 2.51. The Morgan fingerprint density at radius 1 is 1.24 bits per heavy atom. The standard InChI is InChI=1S/C16H18N2O3/c1-11-7-16(20-3)9-14(17-11)10-21-15-6-4-5-13(8-15)12(2)18-19/h4-9,19H,10H2,1-3H3/b18-12+. The van der Waals surface area contributed by atoms with Crippen molar-refractivity contribution in [3.8, 4) is 11.5 Å². The third-order valence-corrected chi connectivity index (χ3v) is 3.00. The van der Waals surface area contributed by atoms with Gasteiger partial charge in [0.1, 0.15) is 18.1 Å². The Morgan fingerprint density at radius 2 is 2.05 bits per heavy atom. The van der Waals surface area contributed by atoms with Crippen molar-refractivity contribution in [3.63, 3.8) is 0 Å². The lowest BCUT2D eigenvalue weighted by molar-refractivity contribution is 0.299. The molecule has 5 heteroatoms. The molecule has 0 atom stereocenters. The van der Waals surface area contributed by atoms with Crippen molar-refractivity contribution >= 4 is 5.71 Å². The van der Waals surface area contributed by atoms with Gasteiger partial charge in [0.05, 0.1) is 18.5 Å². The third-order valence-electron chi connectivity index (χ3n) is 3.00. The van der Waals surface area contributed by atoms with Crippen LogP contribution in [0.5, 0.6) is 11.5 Å². The van der Waals surface area contributed by atoms with E-state index < -0.39 is 0 Å². The van der Waals surface area contributed by atoms with Gasteiger partial charge in [-0.25, -0.2) is 0 Å². The zero-order chi connectivity index (χ0) is 15.2. The van der Waals surface area contributed by atoms with Gasteiger partial charge in [-0.2, -0.15) is 0 Å². The zero-order valence-electron chi connectivity index (χ0n) is 12.3. The summed E-state index contributed by atoms with van der Waals surface area (Å²) in [5, 5.41) is 12.0. The smallest absolute Gasteiger partial charge is 0.130 e. The highest BCUT2D eigenvalue weighted by Crippen LogP contribution is 2.18. The molecule has 0 radical (unpaired) electrons. The number of rotatable bonds is 5. The van der Waals surface area contributed by atoms with Crippen LogP contribution >= 0.6 is 0 Å². The SMILES string of the molecule is COc1cc(C)nc(COc2cccc(/C(C)=N/O)c2)c1. The fourth-order valence-electron chi connectivity index (χ4n) is 1.92. The summed E-state index contributed by atoms with van der Waals surface area (Å²) in [5.74, 6) is 1.45. The first-order valence-electron chi connectivity index (χ1n) is 6.56. The van der Waals surface area contributed by atoms with Gasteiger partial charge in [-0.1, -0.05) is 17.3 Å². The van der Waals surface area contributed by atoms with Crippen LogP contribution in [0.1, 0.15) is 23.9 Å². The van der Waals surface area contributed by atoms with E-state index >= 15 is 0 Å². The van der Waals surface area contributed by atoms with Crippen molar-refractivity contribution in [3.05, 3.63) is 53.3 Å². The molecule has 0 saturated carbocycles. The summed E-state index contributed by atoms with van der Waals surface area (Å²) in [4.78, 5) is 4.40. The average molecular weight is 286 g/mol. The second-order valence-corrected chi connectivity index (χ2v) is 4.64. The largest absolute Gasteiger partial charge is 0.497 e. The van der Waals surface area contributed by atoms with Crippen molar-refractivity contribution < 1.29 is 14.7 Å². The number of oxime groups is 1. The van der Waals surface area contributed by atoms with Gasteiger partial charge >= 0.3 is 0 Å². The predicted molar refractivity (Wildman–Crippen MR) is 80.3 cm³/mol. The Hall–Kier alpha value is -2.56. The number of nitrogens with zero attached hydrogens (tertiary/aromatic N) is 2. The number of aromatic nitrogens is 1. The van der Waals surface area contributed by atoms with Crippen molar-refractivity contribution in [1.82, 2.24) is 4.98 Å². The molecule has 1 aromatic carbocycles. The number of methoxy groups -OCH3 is 1. The van der Waals surface area contributed by atoms with E-state index in [4.69, 9.17) is 14.7 Å². The first kappa shape index (κ1) is 14.8. The Labute approximate surface area is 123 Å². The van der Waals surface area contributed by atoms with Gasteiger partial charge in [-0.05, 0) is 26.0 Å². The molecule has 2 rings (SSSR count). The summed E-state index contributed by atoms with van der Waals surface area (Å²) >= 11 is 0. The second-order valence-electron chi connectivity index (χ2n) is 4.64. The van der Waals surface area contributed by atoms with Gasteiger partial charge in [0.2, 0.25) is 0 Å². The molecule has 1 aromatic heterocycles. The molecule has 0 aliphatic heterocycles. The molecule has 0 bridgehead atoms. The molecule has 2 aromatic rings. The van der Waals surface area contributed by atoms with Gasteiger partial charge < -0.3 is 14.7 Å². The molecule has 110 valence electrons. The second kappa shape index (κ2) is 6.74. The molecule has 5 nitrogen and oxygen atoms in total. The Morgan fingerprint density at radius 3 is 2.76 bits per heavy atom. The fraction of sp³-hybridized carbons (Fsp3) is 0.250. The molecule has 0 fully saturated rings. The van der Waals surface area contributed by atoms with E-state index in [1.54, 1.807) is 14.0 Å². The number of benzene rings is 1. The van der Waals surface area contributed by atoms with Crippen LogP contribution in [-0.2, 0) is 6.61 Å². The highest BCUT2D eigenvalue weighted by Gasteiger charge is 2.04. The Bertz CT molecular complexity index is 654. The van der Waals surface area contributed by atoms with Crippen LogP contribution in [0, 0.1) is 6.92 Å². The lowest BCUT2D eigenvalue weighted by atomic mass is 10.1. The normalized spacial score (nSPS) is 11.3. The molecule has 0 aliphatic rings. The zero-order valence-corrected chi connectivity index (χ0v) is 12.3. The maximum Gasteiger partial charge on any atom is 0.130 e. The lowest BCUT2D eigenvalue weighted by Gasteiger charge is -2.09. The highest BCUT2D eigenvalue weighted by atomic mass is 16.5.